The quantitative estimate of drug-likeness (QED) is 0.803. The second kappa shape index (κ2) is 4.75. The molecule has 1 aromatic rings. The Morgan fingerprint density at radius 1 is 1.53 bits per heavy atom. The van der Waals surface area contributed by atoms with Crippen LogP contribution in [0, 0.1) is 5.82 Å². The molecule has 0 radical (unpaired) electrons. The maximum Gasteiger partial charge on any atom is 0.411 e. The summed E-state index contributed by atoms with van der Waals surface area (Å²) in [5.41, 5.74) is -0.0501. The smallest absolute Gasteiger partial charge is 0.411 e. The number of halogens is 1. The predicted molar refractivity (Wildman–Crippen MR) is 53.5 cm³/mol. The van der Waals surface area contributed by atoms with Gasteiger partial charge in [0, 0.05) is 0 Å². The maximum atomic E-state index is 13.3. The lowest BCUT2D eigenvalue weighted by atomic mass is 10.2. The Morgan fingerprint density at radius 2 is 2.13 bits per heavy atom. The number of anilines is 1. The highest BCUT2D eigenvalue weighted by molar-refractivity contribution is 5.86. The molecule has 1 amide bonds. The van der Waals surface area contributed by atoms with Gasteiger partial charge >= 0.3 is 6.09 Å². The van der Waals surface area contributed by atoms with Crippen molar-refractivity contribution >= 4 is 11.8 Å². The van der Waals surface area contributed by atoms with Crippen molar-refractivity contribution in [1.29, 1.82) is 0 Å². The number of aliphatic hydroxyl groups is 1. The predicted octanol–water partition coefficient (Wildman–Crippen LogP) is 1.69. The second-order valence-corrected chi connectivity index (χ2v) is 3.19. The van der Waals surface area contributed by atoms with Crippen LogP contribution in [0.2, 0.25) is 0 Å². The average molecular weight is 213 g/mol. The Labute approximate surface area is 86.6 Å². The van der Waals surface area contributed by atoms with Gasteiger partial charge in [0.2, 0.25) is 0 Å². The van der Waals surface area contributed by atoms with E-state index in [9.17, 15) is 9.18 Å². The van der Waals surface area contributed by atoms with Gasteiger partial charge in [0.15, 0.2) is 0 Å². The molecular formula is C10H12FNO3. The lowest BCUT2D eigenvalue weighted by Crippen LogP contribution is -2.36. The number of hydrogen-bond acceptors (Lipinski definition) is 2. The van der Waals surface area contributed by atoms with Gasteiger partial charge in [-0.2, -0.15) is 0 Å². The van der Waals surface area contributed by atoms with E-state index in [0.717, 1.165) is 4.90 Å². The number of amides is 1. The van der Waals surface area contributed by atoms with Crippen molar-refractivity contribution in [3.63, 3.8) is 0 Å². The molecule has 5 heteroatoms. The fourth-order valence-electron chi connectivity index (χ4n) is 1.21. The SMILES string of the molecule is C[C@H](O)CN(C(=O)O)c1ccccc1F. The standard InChI is InChI=1S/C10H12FNO3/c1-7(13)6-12(10(14)15)9-5-3-2-4-8(9)11/h2-5,7,13H,6H2,1H3,(H,14,15)/t7-/m0/s1. The summed E-state index contributed by atoms with van der Waals surface area (Å²) in [6.45, 7) is 1.28. The van der Waals surface area contributed by atoms with E-state index in [2.05, 4.69) is 0 Å². The minimum Gasteiger partial charge on any atom is -0.465 e. The normalized spacial score (nSPS) is 12.2. The van der Waals surface area contributed by atoms with E-state index in [-0.39, 0.29) is 12.2 Å². The maximum absolute atomic E-state index is 13.3. The van der Waals surface area contributed by atoms with Crippen LogP contribution < -0.4 is 4.90 Å². The molecule has 0 unspecified atom stereocenters. The minimum absolute atomic E-state index is 0.0501. The van der Waals surface area contributed by atoms with E-state index in [4.69, 9.17) is 10.2 Å². The van der Waals surface area contributed by atoms with Crippen molar-refractivity contribution in [1.82, 2.24) is 0 Å². The van der Waals surface area contributed by atoms with Gasteiger partial charge in [-0.05, 0) is 19.1 Å². The average Bonchev–Trinajstić information content (AvgIpc) is 2.15. The second-order valence-electron chi connectivity index (χ2n) is 3.19. The van der Waals surface area contributed by atoms with Gasteiger partial charge in [-0.25, -0.2) is 9.18 Å². The molecule has 0 bridgehead atoms. The first kappa shape index (κ1) is 11.5. The third-order valence-electron chi connectivity index (χ3n) is 1.82. The molecule has 0 fully saturated rings. The molecule has 0 aliphatic carbocycles. The van der Waals surface area contributed by atoms with Gasteiger partial charge in [-0.1, -0.05) is 12.1 Å². The van der Waals surface area contributed by atoms with Crippen molar-refractivity contribution in [3.05, 3.63) is 30.1 Å². The zero-order valence-electron chi connectivity index (χ0n) is 8.22. The van der Waals surface area contributed by atoms with E-state index < -0.39 is 18.0 Å². The summed E-state index contributed by atoms with van der Waals surface area (Å²) in [5, 5.41) is 17.9. The first-order valence-electron chi connectivity index (χ1n) is 4.45. The largest absolute Gasteiger partial charge is 0.465 e. The van der Waals surface area contributed by atoms with Crippen molar-refractivity contribution in [2.75, 3.05) is 11.4 Å². The van der Waals surface area contributed by atoms with Crippen LogP contribution in [0.3, 0.4) is 0 Å². The minimum atomic E-state index is -1.29. The Hall–Kier alpha value is -1.62. The summed E-state index contributed by atoms with van der Waals surface area (Å²) in [4.78, 5) is 11.6. The fourth-order valence-corrected chi connectivity index (χ4v) is 1.21. The van der Waals surface area contributed by atoms with Crippen molar-refractivity contribution in [2.24, 2.45) is 0 Å². The molecule has 2 N–H and O–H groups in total. The molecule has 1 rings (SSSR count). The number of nitrogens with zero attached hydrogens (tertiary/aromatic N) is 1. The molecule has 1 aromatic carbocycles. The molecule has 0 saturated carbocycles. The third-order valence-corrected chi connectivity index (χ3v) is 1.82. The van der Waals surface area contributed by atoms with Crippen LogP contribution in [0.25, 0.3) is 0 Å². The van der Waals surface area contributed by atoms with Crippen LogP contribution in [0.5, 0.6) is 0 Å². The Kier molecular flexibility index (Phi) is 3.62. The van der Waals surface area contributed by atoms with Gasteiger partial charge in [0.25, 0.3) is 0 Å². The third kappa shape index (κ3) is 2.92. The van der Waals surface area contributed by atoms with Crippen molar-refractivity contribution < 1.29 is 19.4 Å². The summed E-state index contributed by atoms with van der Waals surface area (Å²) in [7, 11) is 0. The van der Waals surface area contributed by atoms with E-state index in [0.29, 0.717) is 0 Å². The summed E-state index contributed by atoms with van der Waals surface area (Å²) in [6.07, 6.45) is -2.14. The molecule has 82 valence electrons. The van der Waals surface area contributed by atoms with E-state index in [1.807, 2.05) is 0 Å². The van der Waals surface area contributed by atoms with E-state index in [1.165, 1.54) is 31.2 Å². The number of hydrogen-bond donors (Lipinski definition) is 2. The summed E-state index contributed by atoms with van der Waals surface area (Å²) >= 11 is 0. The molecule has 15 heavy (non-hydrogen) atoms. The topological polar surface area (TPSA) is 60.8 Å². The molecule has 0 aliphatic rings. The number of carbonyl (C=O) groups is 1. The highest BCUT2D eigenvalue weighted by Gasteiger charge is 2.19. The Morgan fingerprint density at radius 3 is 2.60 bits per heavy atom. The van der Waals surface area contributed by atoms with E-state index >= 15 is 0 Å². The van der Waals surface area contributed by atoms with Crippen LogP contribution in [-0.4, -0.2) is 29.0 Å². The summed E-state index contributed by atoms with van der Waals surface area (Å²) in [5.74, 6) is -0.624. The molecule has 4 nitrogen and oxygen atoms in total. The Balaban J connectivity index is 2.99. The Bertz CT molecular complexity index is 354. The van der Waals surface area contributed by atoms with E-state index in [1.54, 1.807) is 0 Å². The molecule has 0 aromatic heterocycles. The molecule has 0 heterocycles. The van der Waals surface area contributed by atoms with Gasteiger partial charge in [-0.15, -0.1) is 0 Å². The number of para-hydroxylation sites is 1. The van der Waals surface area contributed by atoms with Crippen LogP contribution in [0.4, 0.5) is 14.9 Å². The van der Waals surface area contributed by atoms with Gasteiger partial charge in [-0.3, -0.25) is 4.90 Å². The summed E-state index contributed by atoms with van der Waals surface area (Å²) in [6, 6.07) is 5.54. The first-order valence-corrected chi connectivity index (χ1v) is 4.45. The molecule has 1 atom stereocenters. The van der Waals surface area contributed by atoms with Crippen LogP contribution in [0.15, 0.2) is 24.3 Å². The van der Waals surface area contributed by atoms with Crippen molar-refractivity contribution in [3.8, 4) is 0 Å². The zero-order chi connectivity index (χ0) is 11.4. The lowest BCUT2D eigenvalue weighted by Gasteiger charge is -2.21. The van der Waals surface area contributed by atoms with Gasteiger partial charge < -0.3 is 10.2 Å². The van der Waals surface area contributed by atoms with Gasteiger partial charge in [0.05, 0.1) is 18.3 Å². The number of aliphatic hydroxyl groups excluding tert-OH is 1. The van der Waals surface area contributed by atoms with Gasteiger partial charge in [0.1, 0.15) is 5.82 Å². The van der Waals surface area contributed by atoms with Crippen LogP contribution >= 0.6 is 0 Å². The lowest BCUT2D eigenvalue weighted by molar-refractivity contribution is 0.179. The highest BCUT2D eigenvalue weighted by Crippen LogP contribution is 2.18. The summed E-state index contributed by atoms with van der Waals surface area (Å²) < 4.78 is 13.3. The van der Waals surface area contributed by atoms with Crippen LogP contribution in [0.1, 0.15) is 6.92 Å². The highest BCUT2D eigenvalue weighted by atomic mass is 19.1. The number of benzene rings is 1. The molecule has 0 spiro atoms. The molecule has 0 saturated heterocycles. The zero-order valence-corrected chi connectivity index (χ0v) is 8.22. The van der Waals surface area contributed by atoms with Crippen molar-refractivity contribution in [2.45, 2.75) is 13.0 Å². The monoisotopic (exact) mass is 213 g/mol. The fraction of sp³-hybridized carbons (Fsp3) is 0.300. The number of rotatable bonds is 3. The van der Waals surface area contributed by atoms with Crippen LogP contribution in [-0.2, 0) is 0 Å². The molecule has 0 aliphatic heterocycles. The first-order chi connectivity index (χ1) is 7.02. The molecular weight excluding hydrogens is 201 g/mol. The number of carboxylic acid groups (broad SMARTS) is 1.